The van der Waals surface area contributed by atoms with Crippen LogP contribution in [-0.2, 0) is 4.74 Å². The Balaban J connectivity index is 2.30. The first-order chi connectivity index (χ1) is 14.8. The van der Waals surface area contributed by atoms with E-state index in [1.165, 1.54) is 0 Å². The number of hydrogen-bond acceptors (Lipinski definition) is 2. The van der Waals surface area contributed by atoms with E-state index in [-0.39, 0.29) is 6.61 Å². The quantitative estimate of drug-likeness (QED) is 0.113. The molecule has 0 aliphatic heterocycles. The second-order valence-electron chi connectivity index (χ2n) is 8.04. The number of hydrogen-bond donors (Lipinski definition) is 1. The van der Waals surface area contributed by atoms with E-state index in [0.29, 0.717) is 31.0 Å². The minimum absolute atomic E-state index is 0.163. The van der Waals surface area contributed by atoms with Crippen molar-refractivity contribution in [2.45, 2.75) is 76.0 Å². The molecule has 1 atom stereocenters. The number of ether oxygens (including phenoxy) is 1. The van der Waals surface area contributed by atoms with Crippen LogP contribution < -0.4 is 0 Å². The highest BCUT2D eigenvalue weighted by atomic mass is 32.3. The zero-order chi connectivity index (χ0) is 23.3. The highest BCUT2D eigenvalue weighted by Gasteiger charge is 2.33. The molecule has 31 heavy (non-hydrogen) atoms. The molecule has 1 aromatic rings. The van der Waals surface area contributed by atoms with Crippen molar-refractivity contribution in [2.75, 3.05) is 37.6 Å². The Morgan fingerprint density at radius 2 is 1.06 bits per heavy atom. The summed E-state index contributed by atoms with van der Waals surface area (Å²) in [5.41, 5.74) is 0. The highest BCUT2D eigenvalue weighted by Crippen LogP contribution is 2.55. The number of unbranched alkanes of at least 4 members (excludes halogenated alkanes) is 8. The van der Waals surface area contributed by atoms with Gasteiger partial charge in [-0.15, -0.1) is 0 Å². The van der Waals surface area contributed by atoms with Crippen molar-refractivity contribution in [3.05, 3.63) is 29.1 Å². The Morgan fingerprint density at radius 1 is 0.645 bits per heavy atom. The third-order valence-electron chi connectivity index (χ3n) is 5.63. The molecular weight excluding hydrogens is 435 g/mol. The average Bonchev–Trinajstić information content (AvgIpc) is 2.76. The van der Waals surface area contributed by atoms with Crippen molar-refractivity contribution < 1.29 is 31.8 Å². The normalized spacial score (nSPS) is 14.6. The van der Waals surface area contributed by atoms with Crippen molar-refractivity contribution >= 4 is 10.0 Å². The number of aliphatic hydroxyl groups is 1. The molecule has 0 aromatic heterocycles. The summed E-state index contributed by atoms with van der Waals surface area (Å²) in [5.74, 6) is -8.31. The summed E-state index contributed by atoms with van der Waals surface area (Å²) < 4.78 is 74.4. The van der Waals surface area contributed by atoms with Gasteiger partial charge in [-0.25, -0.2) is 32.0 Å². The van der Waals surface area contributed by atoms with E-state index < -0.39 is 44.0 Å². The van der Waals surface area contributed by atoms with E-state index in [1.54, 1.807) is 13.2 Å². The lowest BCUT2D eigenvalue weighted by Crippen LogP contribution is -2.15. The minimum atomic E-state index is -2.12. The Morgan fingerprint density at radius 3 is 1.55 bits per heavy atom. The number of benzene rings is 1. The van der Waals surface area contributed by atoms with Crippen LogP contribution in [0.15, 0.2) is 4.90 Å². The van der Waals surface area contributed by atoms with Crippen LogP contribution in [0.3, 0.4) is 0 Å². The van der Waals surface area contributed by atoms with E-state index in [0.717, 1.165) is 58.0 Å². The predicted molar refractivity (Wildman–Crippen MR) is 117 cm³/mol. The molecule has 1 N–H and O–H groups in total. The molecule has 2 nitrogen and oxygen atoms in total. The fourth-order valence-corrected chi connectivity index (χ4v) is 6.21. The maximum absolute atomic E-state index is 14.2. The van der Waals surface area contributed by atoms with Gasteiger partial charge in [0.25, 0.3) is 0 Å². The fraction of sp³-hybridized carbons (Fsp3) is 0.739. The zero-order valence-corrected chi connectivity index (χ0v) is 19.6. The molecule has 1 rings (SSSR count). The molecule has 0 saturated carbocycles. The van der Waals surface area contributed by atoms with Gasteiger partial charge in [0, 0.05) is 19.8 Å². The maximum Gasteiger partial charge on any atom is 0.200 e. The molecule has 8 heteroatoms. The van der Waals surface area contributed by atoms with Crippen LogP contribution in [0, 0.1) is 29.1 Å². The topological polar surface area (TPSA) is 29.5 Å². The van der Waals surface area contributed by atoms with Gasteiger partial charge >= 0.3 is 0 Å². The van der Waals surface area contributed by atoms with Crippen molar-refractivity contribution in [1.29, 1.82) is 0 Å². The maximum atomic E-state index is 14.2. The molecule has 1 aromatic carbocycles. The summed E-state index contributed by atoms with van der Waals surface area (Å²) in [6.07, 6.45) is 11.6. The van der Waals surface area contributed by atoms with Gasteiger partial charge in [0.15, 0.2) is 23.3 Å². The van der Waals surface area contributed by atoms with Crippen LogP contribution in [0.2, 0.25) is 0 Å². The van der Waals surface area contributed by atoms with Gasteiger partial charge in [-0.05, 0) is 37.0 Å². The molecule has 1 unspecified atom stereocenters. The number of aliphatic hydroxyl groups excluding tert-OH is 1. The van der Waals surface area contributed by atoms with Crippen LogP contribution in [0.25, 0.3) is 0 Å². The molecule has 182 valence electrons. The van der Waals surface area contributed by atoms with Gasteiger partial charge in [-0.3, -0.25) is 0 Å². The Hall–Kier alpha value is -0.860. The second-order valence-corrected chi connectivity index (χ2v) is 12.0. The average molecular weight is 473 g/mol. The second kappa shape index (κ2) is 15.1. The number of halogens is 5. The molecule has 0 bridgehead atoms. The van der Waals surface area contributed by atoms with Gasteiger partial charge in [0.2, 0.25) is 5.82 Å². The van der Waals surface area contributed by atoms with Gasteiger partial charge in [0.1, 0.15) is 0 Å². The fourth-order valence-electron chi connectivity index (χ4n) is 3.54. The van der Waals surface area contributed by atoms with Crippen molar-refractivity contribution in [3.8, 4) is 0 Å². The Kier molecular flexibility index (Phi) is 13.7. The Labute approximate surface area is 184 Å². The summed E-state index contributed by atoms with van der Waals surface area (Å²) >= 11 is 0. The Bertz CT molecular complexity index is 630. The van der Waals surface area contributed by atoms with E-state index in [4.69, 9.17) is 9.84 Å². The largest absolute Gasteiger partial charge is 0.396 e. The highest BCUT2D eigenvalue weighted by molar-refractivity contribution is 8.33. The molecule has 0 fully saturated rings. The van der Waals surface area contributed by atoms with Crippen molar-refractivity contribution in [1.82, 2.24) is 0 Å². The van der Waals surface area contributed by atoms with E-state index in [2.05, 4.69) is 0 Å². The molecule has 0 aliphatic rings. The summed E-state index contributed by atoms with van der Waals surface area (Å²) in [4.78, 5) is -0.605. The molecular formula is C23H37F5O2S. The van der Waals surface area contributed by atoms with Crippen molar-refractivity contribution in [2.24, 2.45) is 0 Å². The number of rotatable bonds is 17. The van der Waals surface area contributed by atoms with E-state index in [9.17, 15) is 22.0 Å². The third-order valence-corrected chi connectivity index (χ3v) is 9.44. The molecule has 0 radical (unpaired) electrons. The van der Waals surface area contributed by atoms with Crippen LogP contribution in [0.1, 0.15) is 71.1 Å². The first kappa shape index (κ1) is 28.2. The van der Waals surface area contributed by atoms with Gasteiger partial charge in [-0.1, -0.05) is 51.9 Å². The molecule has 0 spiro atoms. The SMILES string of the molecule is CCS(C)(CCCCCCCCCCCOCCCO)c1c(F)c(F)c(F)c(F)c1F. The third kappa shape index (κ3) is 8.89. The lowest BCUT2D eigenvalue weighted by molar-refractivity contribution is 0.112. The summed E-state index contributed by atoms with van der Waals surface area (Å²) in [6, 6.07) is 0. The molecule has 0 heterocycles. The first-order valence-electron chi connectivity index (χ1n) is 11.2. The molecule has 0 amide bonds. The summed E-state index contributed by atoms with van der Waals surface area (Å²) in [5, 5.41) is 8.65. The van der Waals surface area contributed by atoms with E-state index >= 15 is 0 Å². The lowest BCUT2D eigenvalue weighted by Gasteiger charge is -2.36. The minimum Gasteiger partial charge on any atom is -0.396 e. The predicted octanol–water partition coefficient (Wildman–Crippen LogP) is 7.11. The smallest absolute Gasteiger partial charge is 0.200 e. The van der Waals surface area contributed by atoms with Crippen LogP contribution in [0.5, 0.6) is 0 Å². The molecule has 0 saturated heterocycles. The van der Waals surface area contributed by atoms with Gasteiger partial charge < -0.3 is 9.84 Å². The van der Waals surface area contributed by atoms with Crippen LogP contribution >= 0.6 is 10.0 Å². The lowest BCUT2D eigenvalue weighted by atomic mass is 10.1. The first-order valence-corrected chi connectivity index (χ1v) is 13.6. The standard InChI is InChI=1S/C23H37F5O2S/c1-3-31(2,23-21(27)19(25)18(24)20(26)22(23)28)17-12-10-8-6-4-5-7-9-11-15-30-16-13-14-29/h29H,3-17H2,1-2H3. The van der Waals surface area contributed by atoms with Gasteiger partial charge in [-0.2, -0.15) is 0 Å². The van der Waals surface area contributed by atoms with Crippen LogP contribution in [0.4, 0.5) is 22.0 Å². The van der Waals surface area contributed by atoms with E-state index in [1.807, 2.05) is 0 Å². The monoisotopic (exact) mass is 472 g/mol. The van der Waals surface area contributed by atoms with Crippen molar-refractivity contribution in [3.63, 3.8) is 0 Å². The summed E-state index contributed by atoms with van der Waals surface area (Å²) in [7, 11) is -2.12. The zero-order valence-electron chi connectivity index (χ0n) is 18.8. The van der Waals surface area contributed by atoms with Gasteiger partial charge in [0.05, 0.1) is 4.90 Å². The summed E-state index contributed by atoms with van der Waals surface area (Å²) in [6.45, 7) is 3.25. The van der Waals surface area contributed by atoms with Crippen LogP contribution in [-0.4, -0.2) is 42.7 Å². The molecule has 0 aliphatic carbocycles.